The van der Waals surface area contributed by atoms with Gasteiger partial charge in [-0.25, -0.2) is 0 Å². The highest BCUT2D eigenvalue weighted by Gasteiger charge is 2.16. The fourth-order valence-electron chi connectivity index (χ4n) is 1.36. The van der Waals surface area contributed by atoms with Crippen molar-refractivity contribution in [2.75, 3.05) is 0 Å². The van der Waals surface area contributed by atoms with Crippen LogP contribution in [0.4, 0.5) is 0 Å². The first-order chi connectivity index (χ1) is 7.04. The molecule has 0 fully saturated rings. The van der Waals surface area contributed by atoms with Crippen LogP contribution >= 0.6 is 27.5 Å². The fourth-order valence-corrected chi connectivity index (χ4v) is 2.11. The second-order valence-electron chi connectivity index (χ2n) is 3.38. The van der Waals surface area contributed by atoms with Crippen molar-refractivity contribution in [2.24, 2.45) is 5.92 Å². The lowest BCUT2D eigenvalue weighted by molar-refractivity contribution is -0.141. The van der Waals surface area contributed by atoms with E-state index in [2.05, 4.69) is 15.9 Å². The van der Waals surface area contributed by atoms with Gasteiger partial charge in [0.1, 0.15) is 0 Å². The molecule has 0 aromatic heterocycles. The summed E-state index contributed by atoms with van der Waals surface area (Å²) in [6.45, 7) is 1.87. The summed E-state index contributed by atoms with van der Waals surface area (Å²) in [6.07, 6.45) is 1.10. The molecule has 0 saturated carbocycles. The summed E-state index contributed by atoms with van der Waals surface area (Å²) in [5.41, 5.74) is 0.883. The monoisotopic (exact) mass is 290 g/mol. The molecule has 1 atom stereocenters. The van der Waals surface area contributed by atoms with E-state index in [0.717, 1.165) is 10.0 Å². The molecule has 1 aromatic carbocycles. The number of aliphatic carboxylic acids is 1. The van der Waals surface area contributed by atoms with Crippen LogP contribution in [0.25, 0.3) is 0 Å². The highest BCUT2D eigenvalue weighted by molar-refractivity contribution is 9.10. The maximum atomic E-state index is 10.9. The molecule has 0 radical (unpaired) electrons. The van der Waals surface area contributed by atoms with E-state index in [-0.39, 0.29) is 5.92 Å². The number of halogens is 2. The smallest absolute Gasteiger partial charge is 0.306 e. The van der Waals surface area contributed by atoms with Crippen LogP contribution in [-0.4, -0.2) is 11.1 Å². The Morgan fingerprint density at radius 2 is 2.27 bits per heavy atom. The summed E-state index contributed by atoms with van der Waals surface area (Å²) in [5, 5.41) is 9.54. The molecule has 1 unspecified atom stereocenters. The van der Waals surface area contributed by atoms with Crippen molar-refractivity contribution < 1.29 is 9.90 Å². The van der Waals surface area contributed by atoms with Crippen LogP contribution in [0, 0.1) is 5.92 Å². The van der Waals surface area contributed by atoms with E-state index >= 15 is 0 Å². The van der Waals surface area contributed by atoms with Gasteiger partial charge in [-0.15, -0.1) is 0 Å². The zero-order valence-electron chi connectivity index (χ0n) is 8.34. The molecule has 1 rings (SSSR count). The molecule has 0 amide bonds. The van der Waals surface area contributed by atoms with E-state index in [1.165, 1.54) is 0 Å². The van der Waals surface area contributed by atoms with Crippen LogP contribution in [0.5, 0.6) is 0 Å². The average Bonchev–Trinajstić information content (AvgIpc) is 2.16. The van der Waals surface area contributed by atoms with Gasteiger partial charge in [0.15, 0.2) is 0 Å². The molecule has 4 heteroatoms. The Hall–Kier alpha value is -0.540. The molecule has 82 valence electrons. The fraction of sp³-hybridized carbons (Fsp3) is 0.364. The van der Waals surface area contributed by atoms with Crippen LogP contribution < -0.4 is 0 Å². The lowest BCUT2D eigenvalue weighted by Gasteiger charge is -2.10. The van der Waals surface area contributed by atoms with Gasteiger partial charge in [-0.1, -0.05) is 40.5 Å². The molecule has 15 heavy (non-hydrogen) atoms. The van der Waals surface area contributed by atoms with Crippen LogP contribution in [-0.2, 0) is 11.2 Å². The molecule has 0 aliphatic carbocycles. The Morgan fingerprint density at radius 1 is 1.60 bits per heavy atom. The Morgan fingerprint density at radius 3 is 2.73 bits per heavy atom. The summed E-state index contributed by atoms with van der Waals surface area (Å²) < 4.78 is 0.902. The van der Waals surface area contributed by atoms with Crippen molar-refractivity contribution >= 4 is 33.5 Å². The average molecular weight is 292 g/mol. The molecular formula is C11H12BrClO2. The largest absolute Gasteiger partial charge is 0.481 e. The minimum atomic E-state index is -0.767. The number of carboxylic acids is 1. The predicted octanol–water partition coefficient (Wildman–Crippen LogP) is 3.76. The third-order valence-electron chi connectivity index (χ3n) is 2.32. The van der Waals surface area contributed by atoms with E-state index in [0.29, 0.717) is 17.9 Å². The molecule has 2 nitrogen and oxygen atoms in total. The summed E-state index contributed by atoms with van der Waals surface area (Å²) in [7, 11) is 0. The maximum Gasteiger partial charge on any atom is 0.306 e. The molecule has 0 aliphatic heterocycles. The number of hydrogen-bond acceptors (Lipinski definition) is 1. The lowest BCUT2D eigenvalue weighted by Crippen LogP contribution is -2.15. The Kier molecular flexibility index (Phi) is 4.61. The van der Waals surface area contributed by atoms with Gasteiger partial charge >= 0.3 is 5.97 Å². The van der Waals surface area contributed by atoms with Gasteiger partial charge in [0.25, 0.3) is 0 Å². The van der Waals surface area contributed by atoms with Crippen molar-refractivity contribution in [3.05, 3.63) is 33.3 Å². The summed E-state index contributed by atoms with van der Waals surface area (Å²) in [4.78, 5) is 10.9. The second-order valence-corrected chi connectivity index (χ2v) is 4.71. The third-order valence-corrected chi connectivity index (χ3v) is 3.17. The van der Waals surface area contributed by atoms with E-state index in [4.69, 9.17) is 16.7 Å². The summed E-state index contributed by atoms with van der Waals surface area (Å²) in [6, 6.07) is 5.51. The van der Waals surface area contributed by atoms with Crippen molar-refractivity contribution in [1.82, 2.24) is 0 Å². The number of carbonyl (C=O) groups is 1. The van der Waals surface area contributed by atoms with Crippen LogP contribution in [0.2, 0.25) is 5.02 Å². The van der Waals surface area contributed by atoms with E-state index < -0.39 is 5.97 Å². The third kappa shape index (κ3) is 3.50. The van der Waals surface area contributed by atoms with Crippen molar-refractivity contribution in [2.45, 2.75) is 19.8 Å². The molecule has 1 aromatic rings. The predicted molar refractivity (Wildman–Crippen MR) is 64.3 cm³/mol. The van der Waals surface area contributed by atoms with Crippen molar-refractivity contribution in [3.63, 3.8) is 0 Å². The Balaban J connectivity index is 2.84. The van der Waals surface area contributed by atoms with E-state index in [9.17, 15) is 4.79 Å². The van der Waals surface area contributed by atoms with Crippen LogP contribution in [0.15, 0.2) is 22.7 Å². The van der Waals surface area contributed by atoms with Gasteiger partial charge in [-0.3, -0.25) is 4.79 Å². The summed E-state index contributed by atoms with van der Waals surface area (Å²) >= 11 is 9.32. The van der Waals surface area contributed by atoms with Crippen LogP contribution in [0.3, 0.4) is 0 Å². The number of benzene rings is 1. The Bertz CT molecular complexity index is 366. The highest BCUT2D eigenvalue weighted by atomic mass is 79.9. The topological polar surface area (TPSA) is 37.3 Å². The molecule has 0 bridgehead atoms. The lowest BCUT2D eigenvalue weighted by atomic mass is 9.97. The van der Waals surface area contributed by atoms with E-state index in [1.54, 1.807) is 6.07 Å². The van der Waals surface area contributed by atoms with Crippen LogP contribution in [0.1, 0.15) is 18.9 Å². The quantitative estimate of drug-likeness (QED) is 0.917. The van der Waals surface area contributed by atoms with E-state index in [1.807, 2.05) is 19.1 Å². The number of carboxylic acid groups (broad SMARTS) is 1. The number of rotatable bonds is 4. The minimum absolute atomic E-state index is 0.358. The molecule has 0 spiro atoms. The first kappa shape index (κ1) is 12.5. The molecular weight excluding hydrogens is 279 g/mol. The van der Waals surface area contributed by atoms with Gasteiger partial charge < -0.3 is 5.11 Å². The summed E-state index contributed by atoms with van der Waals surface area (Å²) in [5.74, 6) is -1.12. The molecule has 0 saturated heterocycles. The zero-order valence-corrected chi connectivity index (χ0v) is 10.7. The minimum Gasteiger partial charge on any atom is -0.481 e. The van der Waals surface area contributed by atoms with Gasteiger partial charge in [-0.05, 0) is 30.5 Å². The maximum absolute atomic E-state index is 10.9. The SMILES string of the molecule is CCC(Cc1ccc(Br)cc1Cl)C(=O)O. The zero-order chi connectivity index (χ0) is 11.4. The molecule has 0 aliphatic rings. The van der Waals surface area contributed by atoms with Gasteiger partial charge in [0.2, 0.25) is 0 Å². The molecule has 0 heterocycles. The Labute approximate surface area is 102 Å². The van der Waals surface area contributed by atoms with Gasteiger partial charge in [0, 0.05) is 9.50 Å². The first-order valence-corrected chi connectivity index (χ1v) is 5.88. The van der Waals surface area contributed by atoms with Gasteiger partial charge in [0.05, 0.1) is 5.92 Å². The van der Waals surface area contributed by atoms with Gasteiger partial charge in [-0.2, -0.15) is 0 Å². The number of hydrogen-bond donors (Lipinski definition) is 1. The standard InChI is InChI=1S/C11H12BrClO2/c1-2-7(11(14)15)5-8-3-4-9(12)6-10(8)13/h3-4,6-7H,2,5H2,1H3,(H,14,15). The normalized spacial score (nSPS) is 12.5. The van der Waals surface area contributed by atoms with Crippen molar-refractivity contribution in [1.29, 1.82) is 0 Å². The molecule has 1 N–H and O–H groups in total. The second kappa shape index (κ2) is 5.52. The van der Waals surface area contributed by atoms with Crippen molar-refractivity contribution in [3.8, 4) is 0 Å². The first-order valence-electron chi connectivity index (χ1n) is 4.71. The highest BCUT2D eigenvalue weighted by Crippen LogP contribution is 2.24.